The molecule has 0 unspecified atom stereocenters. The van der Waals surface area contributed by atoms with Crippen molar-refractivity contribution < 1.29 is 13.9 Å². The maximum atomic E-state index is 15.0. The van der Waals surface area contributed by atoms with Gasteiger partial charge in [0.25, 0.3) is 5.91 Å². The Balaban J connectivity index is 1.49. The fourth-order valence-electron chi connectivity index (χ4n) is 3.78. The monoisotopic (exact) mass is 454 g/mol. The minimum atomic E-state index is -0.377. The summed E-state index contributed by atoms with van der Waals surface area (Å²) in [5.41, 5.74) is 1.000. The highest BCUT2D eigenvalue weighted by Crippen LogP contribution is 2.29. The number of nitrogens with zero attached hydrogens (tertiary/aromatic N) is 3. The number of pyridine rings is 1. The fraction of sp³-hybridized carbons (Fsp3) is 0.333. The van der Waals surface area contributed by atoms with Gasteiger partial charge in [0.1, 0.15) is 23.5 Å². The van der Waals surface area contributed by atoms with Crippen LogP contribution in [0.2, 0.25) is 0 Å². The topological polar surface area (TPSA) is 57.7 Å². The number of rotatable bonds is 8. The molecule has 1 aliphatic heterocycles. The van der Waals surface area contributed by atoms with Crippen LogP contribution in [0, 0.1) is 5.82 Å². The van der Waals surface area contributed by atoms with E-state index in [2.05, 4.69) is 10.3 Å². The van der Waals surface area contributed by atoms with Crippen LogP contribution in [0.5, 0.6) is 5.75 Å². The Hall–Kier alpha value is -2.97. The number of nitrogens with one attached hydrogen (secondary N) is 1. The molecule has 8 heteroatoms. The summed E-state index contributed by atoms with van der Waals surface area (Å²) < 4.78 is 21.1. The van der Waals surface area contributed by atoms with Crippen molar-refractivity contribution in [3.8, 4) is 5.75 Å². The number of thiophene rings is 1. The zero-order valence-corrected chi connectivity index (χ0v) is 19.1. The lowest BCUT2D eigenvalue weighted by Crippen LogP contribution is -2.33. The summed E-state index contributed by atoms with van der Waals surface area (Å²) in [5.74, 6) is 0.627. The van der Waals surface area contributed by atoms with Crippen LogP contribution >= 0.6 is 11.3 Å². The Bertz CT molecular complexity index is 1060. The van der Waals surface area contributed by atoms with Crippen LogP contribution in [0.4, 0.5) is 10.2 Å². The number of ether oxygens (including phenoxy) is 1. The second-order valence-corrected chi connectivity index (χ2v) is 8.77. The van der Waals surface area contributed by atoms with Crippen molar-refractivity contribution in [1.82, 2.24) is 15.2 Å². The largest absolute Gasteiger partial charge is 0.485 e. The maximum Gasteiger partial charge on any atom is 0.257 e. The van der Waals surface area contributed by atoms with E-state index in [9.17, 15) is 4.79 Å². The number of fused-ring (bicyclic) bond motifs is 1. The number of carbonyl (C=O) groups is 1. The molecule has 0 fully saturated rings. The second kappa shape index (κ2) is 10.1. The van der Waals surface area contributed by atoms with E-state index in [1.165, 1.54) is 6.07 Å². The molecule has 6 nitrogen and oxygen atoms in total. The average molecular weight is 455 g/mol. The lowest BCUT2D eigenvalue weighted by molar-refractivity contribution is 0.0753. The number of hydrogen-bond acceptors (Lipinski definition) is 6. The Morgan fingerprint density at radius 3 is 2.88 bits per heavy atom. The van der Waals surface area contributed by atoms with E-state index >= 15 is 4.39 Å². The van der Waals surface area contributed by atoms with Crippen molar-refractivity contribution in [3.63, 3.8) is 0 Å². The van der Waals surface area contributed by atoms with Crippen molar-refractivity contribution in [3.05, 3.63) is 75.9 Å². The van der Waals surface area contributed by atoms with Gasteiger partial charge in [-0.15, -0.1) is 11.3 Å². The first kappa shape index (κ1) is 22.2. The second-order valence-electron chi connectivity index (χ2n) is 7.79. The average Bonchev–Trinajstić information content (AvgIpc) is 3.31. The highest BCUT2D eigenvalue weighted by molar-refractivity contribution is 7.10. The highest BCUT2D eigenvalue weighted by Gasteiger charge is 2.26. The van der Waals surface area contributed by atoms with E-state index < -0.39 is 0 Å². The number of halogens is 1. The van der Waals surface area contributed by atoms with E-state index in [0.29, 0.717) is 35.8 Å². The lowest BCUT2D eigenvalue weighted by Gasteiger charge is -2.22. The third kappa shape index (κ3) is 4.92. The minimum absolute atomic E-state index is 0.137. The summed E-state index contributed by atoms with van der Waals surface area (Å²) in [6.45, 7) is 2.12. The van der Waals surface area contributed by atoms with Crippen LogP contribution in [0.15, 0.2) is 54.0 Å². The van der Waals surface area contributed by atoms with E-state index in [1.807, 2.05) is 36.5 Å². The Morgan fingerprint density at radius 2 is 2.12 bits per heavy atom. The quantitative estimate of drug-likeness (QED) is 0.555. The summed E-state index contributed by atoms with van der Waals surface area (Å²) in [7, 11) is 3.81. The number of amides is 1. The Kier molecular flexibility index (Phi) is 7.02. The van der Waals surface area contributed by atoms with Crippen LogP contribution in [-0.2, 0) is 6.54 Å². The summed E-state index contributed by atoms with van der Waals surface area (Å²) >= 11 is 1.63. The molecule has 0 aliphatic carbocycles. The predicted molar refractivity (Wildman–Crippen MR) is 125 cm³/mol. The summed E-state index contributed by atoms with van der Waals surface area (Å²) in [5, 5.41) is 5.15. The Morgan fingerprint density at radius 1 is 1.25 bits per heavy atom. The molecule has 168 valence electrons. The van der Waals surface area contributed by atoms with Crippen LogP contribution in [-0.4, -0.2) is 49.5 Å². The van der Waals surface area contributed by atoms with Gasteiger partial charge < -0.3 is 19.9 Å². The SMILES string of the molecule is CNCC[C@H](Oc1ccc(CN2CCN(C)c3ncccc3C2=O)c(F)c1)c1cccs1. The molecular formula is C24H27FN4O2S. The number of anilines is 1. The molecule has 2 aromatic heterocycles. The summed E-state index contributed by atoms with van der Waals surface area (Å²) in [6, 6.07) is 12.4. The molecule has 4 rings (SSSR count). The number of benzene rings is 1. The maximum absolute atomic E-state index is 15.0. The molecule has 1 atom stereocenters. The van der Waals surface area contributed by atoms with Gasteiger partial charge in [0.15, 0.2) is 0 Å². The van der Waals surface area contributed by atoms with Gasteiger partial charge in [0.05, 0.1) is 5.56 Å². The van der Waals surface area contributed by atoms with Crippen molar-refractivity contribution in [2.24, 2.45) is 0 Å². The molecule has 32 heavy (non-hydrogen) atoms. The van der Waals surface area contributed by atoms with Gasteiger partial charge in [-0.2, -0.15) is 0 Å². The highest BCUT2D eigenvalue weighted by atomic mass is 32.1. The molecule has 0 saturated carbocycles. The number of carbonyl (C=O) groups excluding carboxylic acids is 1. The van der Waals surface area contributed by atoms with Gasteiger partial charge in [-0.25, -0.2) is 9.37 Å². The molecular weight excluding hydrogens is 427 g/mol. The predicted octanol–water partition coefficient (Wildman–Crippen LogP) is 4.10. The van der Waals surface area contributed by atoms with Gasteiger partial charge in [0.2, 0.25) is 0 Å². The van der Waals surface area contributed by atoms with Gasteiger partial charge in [0, 0.05) is 55.8 Å². The van der Waals surface area contributed by atoms with Crippen LogP contribution in [0.25, 0.3) is 0 Å². The molecule has 1 aromatic carbocycles. The molecule has 3 heterocycles. The number of hydrogen-bond donors (Lipinski definition) is 1. The third-order valence-corrected chi connectivity index (χ3v) is 6.52. The minimum Gasteiger partial charge on any atom is -0.485 e. The molecule has 0 spiro atoms. The summed E-state index contributed by atoms with van der Waals surface area (Å²) in [4.78, 5) is 22.1. The first-order chi connectivity index (χ1) is 15.6. The van der Waals surface area contributed by atoms with Crippen LogP contribution < -0.4 is 15.0 Å². The fourth-order valence-corrected chi connectivity index (χ4v) is 4.57. The van der Waals surface area contributed by atoms with Crippen LogP contribution in [0.3, 0.4) is 0 Å². The normalized spacial score (nSPS) is 14.8. The van der Waals surface area contributed by atoms with Crippen molar-refractivity contribution in [1.29, 1.82) is 0 Å². The molecule has 0 saturated heterocycles. The molecule has 0 radical (unpaired) electrons. The molecule has 1 amide bonds. The van der Waals surface area contributed by atoms with Gasteiger partial charge in [-0.1, -0.05) is 12.1 Å². The van der Waals surface area contributed by atoms with Gasteiger partial charge in [-0.3, -0.25) is 4.79 Å². The van der Waals surface area contributed by atoms with E-state index in [0.717, 1.165) is 17.8 Å². The third-order valence-electron chi connectivity index (χ3n) is 5.55. The number of likely N-dealkylation sites (N-methyl/N-ethyl adjacent to an activating group) is 1. The zero-order chi connectivity index (χ0) is 22.5. The molecule has 3 aromatic rings. The van der Waals surface area contributed by atoms with E-state index in [4.69, 9.17) is 4.74 Å². The van der Waals surface area contributed by atoms with Gasteiger partial charge in [-0.05, 0) is 43.2 Å². The van der Waals surface area contributed by atoms with E-state index in [1.54, 1.807) is 46.7 Å². The van der Waals surface area contributed by atoms with Crippen molar-refractivity contribution in [2.75, 3.05) is 38.6 Å². The first-order valence-corrected chi connectivity index (χ1v) is 11.5. The van der Waals surface area contributed by atoms with Crippen molar-refractivity contribution >= 4 is 23.1 Å². The smallest absolute Gasteiger partial charge is 0.257 e. The molecule has 0 bridgehead atoms. The standard InChI is InChI=1S/C24H27FN4O2S/c1-26-11-9-21(22-6-4-14-32-22)31-18-8-7-17(20(25)15-18)16-29-13-12-28(2)23-19(24(29)30)5-3-10-27-23/h3-8,10,14-15,21,26H,9,11-13,16H2,1-2H3/t21-/m0/s1. The van der Waals surface area contributed by atoms with Crippen molar-refractivity contribution in [2.45, 2.75) is 19.1 Å². The zero-order valence-electron chi connectivity index (χ0n) is 18.3. The first-order valence-electron chi connectivity index (χ1n) is 10.7. The molecule has 1 aliphatic rings. The number of aromatic nitrogens is 1. The van der Waals surface area contributed by atoms with E-state index in [-0.39, 0.29) is 24.4 Å². The Labute approximate surface area is 191 Å². The molecule has 1 N–H and O–H groups in total. The van der Waals surface area contributed by atoms with Crippen LogP contribution in [0.1, 0.15) is 33.3 Å². The summed E-state index contributed by atoms with van der Waals surface area (Å²) in [6.07, 6.45) is 2.32. The lowest BCUT2D eigenvalue weighted by atomic mass is 10.1. The van der Waals surface area contributed by atoms with Gasteiger partial charge >= 0.3 is 0 Å².